The number of ether oxygens (including phenoxy) is 1. The summed E-state index contributed by atoms with van der Waals surface area (Å²) in [5.41, 5.74) is 2.83. The van der Waals surface area contributed by atoms with Crippen molar-refractivity contribution in [3.8, 4) is 0 Å². The second kappa shape index (κ2) is 7.88. The molecular formula is C18H22N4O2. The number of aryl methyl sites for hydroxylation is 1. The number of hydrogen-bond acceptors (Lipinski definition) is 5. The summed E-state index contributed by atoms with van der Waals surface area (Å²) in [5, 5.41) is 11.2. The highest BCUT2D eigenvalue weighted by atomic mass is 16.5. The molecule has 1 aromatic carbocycles. The second-order valence-corrected chi connectivity index (χ2v) is 5.76. The van der Waals surface area contributed by atoms with Gasteiger partial charge in [-0.2, -0.15) is 0 Å². The van der Waals surface area contributed by atoms with Gasteiger partial charge in [-0.05, 0) is 43.0 Å². The smallest absolute Gasteiger partial charge is 0.271 e. The van der Waals surface area contributed by atoms with Gasteiger partial charge >= 0.3 is 0 Å². The van der Waals surface area contributed by atoms with Crippen molar-refractivity contribution in [2.75, 3.05) is 31.7 Å². The summed E-state index contributed by atoms with van der Waals surface area (Å²) in [7, 11) is 1.64. The van der Waals surface area contributed by atoms with E-state index in [4.69, 9.17) is 4.74 Å². The van der Waals surface area contributed by atoms with Crippen molar-refractivity contribution < 1.29 is 9.53 Å². The topological polar surface area (TPSA) is 67.3 Å². The molecule has 1 amide bonds. The molecule has 0 saturated heterocycles. The van der Waals surface area contributed by atoms with Gasteiger partial charge in [0.05, 0.1) is 0 Å². The van der Waals surface area contributed by atoms with Crippen LogP contribution >= 0.6 is 0 Å². The largest absolute Gasteiger partial charge is 0.385 e. The lowest BCUT2D eigenvalue weighted by Crippen LogP contribution is -2.28. The zero-order chi connectivity index (χ0) is 16.8. The van der Waals surface area contributed by atoms with Crippen LogP contribution in [0.15, 0.2) is 36.4 Å². The van der Waals surface area contributed by atoms with Crippen molar-refractivity contribution in [1.29, 1.82) is 0 Å². The molecule has 6 nitrogen and oxygen atoms in total. The molecule has 0 aliphatic carbocycles. The number of carbonyl (C=O) groups is 1. The molecule has 0 radical (unpaired) electrons. The molecule has 1 aliphatic heterocycles. The van der Waals surface area contributed by atoms with Gasteiger partial charge in [0.1, 0.15) is 0 Å². The zero-order valence-electron chi connectivity index (χ0n) is 13.9. The summed E-state index contributed by atoms with van der Waals surface area (Å²) in [6.45, 7) is 2.10. The molecular weight excluding hydrogens is 304 g/mol. The van der Waals surface area contributed by atoms with E-state index in [1.165, 1.54) is 11.3 Å². The van der Waals surface area contributed by atoms with Crippen LogP contribution in [0.3, 0.4) is 0 Å². The number of benzene rings is 1. The monoisotopic (exact) mass is 326 g/mol. The summed E-state index contributed by atoms with van der Waals surface area (Å²) >= 11 is 0. The average molecular weight is 326 g/mol. The Labute approximate surface area is 141 Å². The maximum Gasteiger partial charge on any atom is 0.271 e. The van der Waals surface area contributed by atoms with Gasteiger partial charge in [0.15, 0.2) is 11.5 Å². The summed E-state index contributed by atoms with van der Waals surface area (Å²) in [6.07, 6.45) is 2.95. The molecule has 2 aromatic rings. The molecule has 0 fully saturated rings. The van der Waals surface area contributed by atoms with Crippen LogP contribution in [0, 0.1) is 0 Å². The van der Waals surface area contributed by atoms with Crippen LogP contribution < -0.4 is 10.2 Å². The summed E-state index contributed by atoms with van der Waals surface area (Å²) in [4.78, 5) is 14.2. The van der Waals surface area contributed by atoms with Gasteiger partial charge < -0.3 is 15.0 Å². The number of fused-ring (bicyclic) bond motifs is 1. The summed E-state index contributed by atoms with van der Waals surface area (Å²) in [6, 6.07) is 11.9. The number of nitrogens with zero attached hydrogens (tertiary/aromatic N) is 3. The van der Waals surface area contributed by atoms with Gasteiger partial charge in [0, 0.05) is 32.5 Å². The van der Waals surface area contributed by atoms with Crippen molar-refractivity contribution in [2.45, 2.75) is 19.3 Å². The SMILES string of the molecule is COCCCNC(=O)c1ccc(N2CCCc3ccccc32)nn1. The normalized spacial score (nSPS) is 13.5. The number of hydrogen-bond donors (Lipinski definition) is 1. The third kappa shape index (κ3) is 3.71. The van der Waals surface area contributed by atoms with E-state index >= 15 is 0 Å². The number of nitrogens with one attached hydrogen (secondary N) is 1. The Morgan fingerprint density at radius 2 is 2.12 bits per heavy atom. The van der Waals surface area contributed by atoms with Crippen LogP contribution in [-0.4, -0.2) is 42.9 Å². The third-order valence-electron chi connectivity index (χ3n) is 4.08. The van der Waals surface area contributed by atoms with Crippen LogP contribution in [0.5, 0.6) is 0 Å². The van der Waals surface area contributed by atoms with E-state index in [0.29, 0.717) is 18.8 Å². The zero-order valence-corrected chi connectivity index (χ0v) is 13.9. The first-order chi connectivity index (χ1) is 11.8. The highest BCUT2D eigenvalue weighted by Gasteiger charge is 2.19. The van der Waals surface area contributed by atoms with Crippen molar-refractivity contribution in [1.82, 2.24) is 15.5 Å². The first-order valence-electron chi connectivity index (χ1n) is 8.26. The maximum absolute atomic E-state index is 12.0. The lowest BCUT2D eigenvalue weighted by Gasteiger charge is -2.29. The Bertz CT molecular complexity index is 688. The highest BCUT2D eigenvalue weighted by Crippen LogP contribution is 2.31. The molecule has 0 saturated carbocycles. The van der Waals surface area contributed by atoms with Gasteiger partial charge in [-0.1, -0.05) is 18.2 Å². The minimum atomic E-state index is -0.204. The van der Waals surface area contributed by atoms with Crippen LogP contribution in [-0.2, 0) is 11.2 Å². The molecule has 2 heterocycles. The lowest BCUT2D eigenvalue weighted by atomic mass is 10.0. The Balaban J connectivity index is 1.68. The van der Waals surface area contributed by atoms with Gasteiger partial charge in [-0.25, -0.2) is 0 Å². The molecule has 0 bridgehead atoms. The number of amides is 1. The van der Waals surface area contributed by atoms with E-state index in [1.807, 2.05) is 12.1 Å². The van der Waals surface area contributed by atoms with Gasteiger partial charge in [0.25, 0.3) is 5.91 Å². The first kappa shape index (κ1) is 16.4. The summed E-state index contributed by atoms with van der Waals surface area (Å²) < 4.78 is 4.96. The Kier molecular flexibility index (Phi) is 5.38. The van der Waals surface area contributed by atoms with Crippen LogP contribution in [0.4, 0.5) is 11.5 Å². The number of anilines is 2. The molecule has 0 unspecified atom stereocenters. The standard InChI is InChI=1S/C18H22N4O2/c1-24-13-5-11-19-18(23)15-9-10-17(21-20-15)22-12-4-7-14-6-2-3-8-16(14)22/h2-3,6,8-10H,4-5,7,11-13H2,1H3,(H,19,23). The fraction of sp³-hybridized carbons (Fsp3) is 0.389. The molecule has 1 aliphatic rings. The van der Waals surface area contributed by atoms with Crippen molar-refractivity contribution >= 4 is 17.4 Å². The van der Waals surface area contributed by atoms with Gasteiger partial charge in [-0.3, -0.25) is 4.79 Å². The molecule has 0 spiro atoms. The Morgan fingerprint density at radius 3 is 2.92 bits per heavy atom. The number of rotatable bonds is 6. The Morgan fingerprint density at radius 1 is 1.25 bits per heavy atom. The van der Waals surface area contributed by atoms with E-state index in [1.54, 1.807) is 13.2 Å². The molecule has 24 heavy (non-hydrogen) atoms. The third-order valence-corrected chi connectivity index (χ3v) is 4.08. The van der Waals surface area contributed by atoms with Crippen LogP contribution in [0.1, 0.15) is 28.9 Å². The van der Waals surface area contributed by atoms with E-state index in [-0.39, 0.29) is 5.91 Å². The number of para-hydroxylation sites is 1. The predicted molar refractivity (Wildman–Crippen MR) is 92.6 cm³/mol. The number of carbonyl (C=O) groups excluding carboxylic acids is 1. The van der Waals surface area contributed by atoms with Gasteiger partial charge in [0.2, 0.25) is 0 Å². The molecule has 1 N–H and O–H groups in total. The maximum atomic E-state index is 12.0. The second-order valence-electron chi connectivity index (χ2n) is 5.76. The molecule has 126 valence electrons. The average Bonchev–Trinajstić information content (AvgIpc) is 2.65. The van der Waals surface area contributed by atoms with E-state index < -0.39 is 0 Å². The fourth-order valence-electron chi connectivity index (χ4n) is 2.87. The first-order valence-corrected chi connectivity index (χ1v) is 8.26. The van der Waals surface area contributed by atoms with Gasteiger partial charge in [-0.15, -0.1) is 10.2 Å². The van der Waals surface area contributed by atoms with E-state index in [2.05, 4.69) is 38.6 Å². The van der Waals surface area contributed by atoms with Crippen LogP contribution in [0.25, 0.3) is 0 Å². The summed E-state index contributed by atoms with van der Waals surface area (Å²) in [5.74, 6) is 0.572. The highest BCUT2D eigenvalue weighted by molar-refractivity contribution is 5.92. The lowest BCUT2D eigenvalue weighted by molar-refractivity contribution is 0.0942. The Hall–Kier alpha value is -2.47. The molecule has 1 aromatic heterocycles. The molecule has 0 atom stereocenters. The van der Waals surface area contributed by atoms with Crippen molar-refractivity contribution in [3.63, 3.8) is 0 Å². The predicted octanol–water partition coefficient (Wildman–Crippen LogP) is 2.33. The number of methoxy groups -OCH3 is 1. The van der Waals surface area contributed by atoms with Crippen molar-refractivity contribution in [2.24, 2.45) is 0 Å². The van der Waals surface area contributed by atoms with Crippen molar-refractivity contribution in [3.05, 3.63) is 47.7 Å². The minimum Gasteiger partial charge on any atom is -0.385 e. The minimum absolute atomic E-state index is 0.204. The fourth-order valence-corrected chi connectivity index (χ4v) is 2.87. The van der Waals surface area contributed by atoms with E-state index in [0.717, 1.165) is 31.6 Å². The number of aromatic nitrogens is 2. The quantitative estimate of drug-likeness (QED) is 0.825. The van der Waals surface area contributed by atoms with E-state index in [9.17, 15) is 4.79 Å². The van der Waals surface area contributed by atoms with Crippen LogP contribution in [0.2, 0.25) is 0 Å². The molecule has 3 rings (SSSR count). The molecule has 6 heteroatoms.